The van der Waals surface area contributed by atoms with Crippen molar-refractivity contribution < 1.29 is 35.1 Å². The predicted molar refractivity (Wildman–Crippen MR) is 107 cm³/mol. The molecule has 1 saturated heterocycles. The summed E-state index contributed by atoms with van der Waals surface area (Å²) in [7, 11) is 0. The summed E-state index contributed by atoms with van der Waals surface area (Å²) >= 11 is 9.63. The Hall–Kier alpha value is -1.57. The maximum Gasteiger partial charge on any atom is 0.256 e. The number of amidine groups is 1. The van der Waals surface area contributed by atoms with E-state index in [1.54, 1.807) is 12.1 Å². The molecule has 7 N–H and O–H groups in total. The number of H-pyrrole nitrogens is 1. The first kappa shape index (κ1) is 22.1. The van der Waals surface area contributed by atoms with Crippen LogP contribution >= 0.6 is 27.5 Å². The highest BCUT2D eigenvalue weighted by molar-refractivity contribution is 9.10. The maximum absolute atomic E-state index is 11.7. The summed E-state index contributed by atoms with van der Waals surface area (Å²) in [5, 5.41) is 53.8. The number of aromatic amines is 1. The molecule has 3 rings (SSSR count). The van der Waals surface area contributed by atoms with Gasteiger partial charge in [-0.15, -0.1) is 0 Å². The van der Waals surface area contributed by atoms with Crippen LogP contribution in [-0.4, -0.2) is 79.1 Å². The van der Waals surface area contributed by atoms with E-state index in [4.69, 9.17) is 16.3 Å². The molecule has 0 aliphatic carbocycles. The molecule has 158 valence electrons. The van der Waals surface area contributed by atoms with Gasteiger partial charge in [-0.3, -0.25) is 4.79 Å². The number of aliphatic hydroxyl groups excluding tert-OH is 4. The van der Waals surface area contributed by atoms with Gasteiger partial charge < -0.3 is 40.6 Å². The number of carbonyl (C=O) groups is 1. The van der Waals surface area contributed by atoms with Gasteiger partial charge in [0.05, 0.1) is 17.3 Å². The maximum atomic E-state index is 11.7. The third-order valence-electron chi connectivity index (χ3n) is 4.55. The Bertz CT molecular complexity index is 966. The summed E-state index contributed by atoms with van der Waals surface area (Å²) in [5.74, 6) is -3.94. The lowest BCUT2D eigenvalue weighted by Crippen LogP contribution is -2.70. The van der Waals surface area contributed by atoms with Crippen LogP contribution in [0.5, 0.6) is 0 Å². The van der Waals surface area contributed by atoms with Gasteiger partial charge in [-0.25, -0.2) is 4.99 Å². The lowest BCUT2D eigenvalue weighted by atomic mass is 9.91. The molecule has 5 atom stereocenters. The topological polar surface area (TPSA) is 168 Å². The van der Waals surface area contributed by atoms with E-state index in [0.29, 0.717) is 20.4 Å². The van der Waals surface area contributed by atoms with Crippen molar-refractivity contribution >= 4 is 55.9 Å². The molecule has 0 saturated carbocycles. The molecule has 1 amide bonds. The molecule has 1 aromatic heterocycles. The Morgan fingerprint density at radius 3 is 2.69 bits per heavy atom. The highest BCUT2D eigenvalue weighted by Crippen LogP contribution is 2.38. The summed E-state index contributed by atoms with van der Waals surface area (Å²) in [4.78, 5) is 18.9. The van der Waals surface area contributed by atoms with Crippen molar-refractivity contribution in [3.63, 3.8) is 0 Å². The number of fused-ring (bicyclic) bond motifs is 1. The second-order valence-corrected chi connectivity index (χ2v) is 7.79. The zero-order valence-electron chi connectivity index (χ0n) is 15.0. The Kier molecular flexibility index (Phi) is 6.32. The molecule has 2 heterocycles. The van der Waals surface area contributed by atoms with Crippen LogP contribution in [0, 0.1) is 0 Å². The molecular formula is C17H19BrClN3O7. The van der Waals surface area contributed by atoms with Crippen LogP contribution in [0.3, 0.4) is 0 Å². The molecular weight excluding hydrogens is 474 g/mol. The number of ether oxygens (including phenoxy) is 1. The Morgan fingerprint density at radius 2 is 2.07 bits per heavy atom. The SMILES string of the molecule is CC(=O)NC(=Nc1c[nH]c2ccc(Br)c(Cl)c12)C1(O)O[C@H](CO)[C@H](O)[C@H](O)[C@H]1O. The molecule has 1 fully saturated rings. The molecule has 29 heavy (non-hydrogen) atoms. The van der Waals surface area contributed by atoms with Crippen molar-refractivity contribution in [1.82, 2.24) is 10.3 Å². The van der Waals surface area contributed by atoms with Crippen LogP contribution in [0.25, 0.3) is 10.9 Å². The first-order valence-electron chi connectivity index (χ1n) is 8.47. The quantitative estimate of drug-likeness (QED) is 0.232. The smallest absolute Gasteiger partial charge is 0.256 e. The number of hydrogen-bond acceptors (Lipinski definition) is 8. The third kappa shape index (κ3) is 3.92. The Morgan fingerprint density at radius 1 is 1.38 bits per heavy atom. The van der Waals surface area contributed by atoms with Crippen molar-refractivity contribution in [3.05, 3.63) is 27.8 Å². The molecule has 0 radical (unpaired) electrons. The number of halogens is 2. The summed E-state index contributed by atoms with van der Waals surface area (Å²) in [6.07, 6.45) is -5.63. The minimum absolute atomic E-state index is 0.195. The third-order valence-corrected chi connectivity index (χ3v) is 5.83. The van der Waals surface area contributed by atoms with Crippen molar-refractivity contribution in [2.45, 2.75) is 37.1 Å². The average Bonchev–Trinajstić information content (AvgIpc) is 3.08. The predicted octanol–water partition coefficient (Wildman–Crippen LogP) is -0.0877. The van der Waals surface area contributed by atoms with E-state index in [1.165, 1.54) is 6.20 Å². The van der Waals surface area contributed by atoms with Crippen LogP contribution in [0.4, 0.5) is 5.69 Å². The van der Waals surface area contributed by atoms with E-state index in [0.717, 1.165) is 6.92 Å². The molecule has 1 aromatic carbocycles. The molecule has 10 nitrogen and oxygen atoms in total. The molecule has 0 spiro atoms. The van der Waals surface area contributed by atoms with Gasteiger partial charge in [0, 0.05) is 28.5 Å². The number of aliphatic hydroxyl groups is 5. The number of nitrogens with zero attached hydrogens (tertiary/aromatic N) is 1. The molecule has 0 bridgehead atoms. The van der Waals surface area contributed by atoms with E-state index < -0.39 is 48.6 Å². The molecule has 12 heteroatoms. The normalized spacial score (nSPS) is 30.6. The molecule has 1 aliphatic heterocycles. The fourth-order valence-electron chi connectivity index (χ4n) is 3.06. The van der Waals surface area contributed by atoms with Gasteiger partial charge in [0.25, 0.3) is 5.79 Å². The summed E-state index contributed by atoms with van der Waals surface area (Å²) in [6, 6.07) is 3.44. The second-order valence-electron chi connectivity index (χ2n) is 6.56. The highest BCUT2D eigenvalue weighted by atomic mass is 79.9. The first-order valence-corrected chi connectivity index (χ1v) is 9.64. The lowest BCUT2D eigenvalue weighted by Gasteiger charge is -2.45. The highest BCUT2D eigenvalue weighted by Gasteiger charge is 2.56. The minimum Gasteiger partial charge on any atom is -0.394 e. The number of rotatable bonds is 3. The molecule has 1 aliphatic rings. The summed E-state index contributed by atoms with van der Waals surface area (Å²) in [6.45, 7) is 0.369. The van der Waals surface area contributed by atoms with Gasteiger partial charge in [0.15, 0.2) is 5.84 Å². The minimum atomic E-state index is -2.74. The van der Waals surface area contributed by atoms with Crippen molar-refractivity contribution in [2.24, 2.45) is 4.99 Å². The van der Waals surface area contributed by atoms with Gasteiger partial charge >= 0.3 is 0 Å². The van der Waals surface area contributed by atoms with Crippen LogP contribution < -0.4 is 5.32 Å². The van der Waals surface area contributed by atoms with Crippen LogP contribution in [0.1, 0.15) is 6.92 Å². The van der Waals surface area contributed by atoms with Gasteiger partial charge in [0.2, 0.25) is 5.91 Å². The van der Waals surface area contributed by atoms with E-state index in [9.17, 15) is 30.3 Å². The fraction of sp³-hybridized carbons (Fsp3) is 0.412. The van der Waals surface area contributed by atoms with Gasteiger partial charge in [0.1, 0.15) is 24.4 Å². The van der Waals surface area contributed by atoms with Gasteiger partial charge in [-0.2, -0.15) is 0 Å². The van der Waals surface area contributed by atoms with E-state index in [2.05, 4.69) is 31.2 Å². The first-order chi connectivity index (χ1) is 13.6. The number of amides is 1. The lowest BCUT2D eigenvalue weighted by molar-refractivity contribution is -0.317. The zero-order valence-corrected chi connectivity index (χ0v) is 17.3. The number of aromatic nitrogens is 1. The number of aliphatic imine (C=N–C) groups is 1. The number of hydrogen-bond donors (Lipinski definition) is 7. The van der Waals surface area contributed by atoms with Gasteiger partial charge in [-0.05, 0) is 28.1 Å². The largest absolute Gasteiger partial charge is 0.394 e. The van der Waals surface area contributed by atoms with Crippen molar-refractivity contribution in [2.75, 3.05) is 6.61 Å². The van der Waals surface area contributed by atoms with E-state index >= 15 is 0 Å². The van der Waals surface area contributed by atoms with Crippen molar-refractivity contribution in [3.8, 4) is 0 Å². The molecule has 1 unspecified atom stereocenters. The van der Waals surface area contributed by atoms with Crippen LogP contribution in [0.15, 0.2) is 27.8 Å². The van der Waals surface area contributed by atoms with Gasteiger partial charge in [-0.1, -0.05) is 11.6 Å². The van der Waals surface area contributed by atoms with E-state index in [1.807, 2.05) is 0 Å². The standard InChI is InChI=1S/C17H19BrClN3O7/c1-6(24)21-16(17(28)15(27)14(26)13(25)10(5-23)29-17)22-9-4-20-8-3-2-7(18)12(19)11(8)9/h2-4,10,13-15,20,23,25-28H,5H2,1H3,(H,21,22,24)/t10-,13+,14+,15-,17?/m1/s1. The summed E-state index contributed by atoms with van der Waals surface area (Å²) in [5.41, 5.74) is 0.806. The molecule has 2 aromatic rings. The van der Waals surface area contributed by atoms with E-state index in [-0.39, 0.29) is 5.69 Å². The Balaban J connectivity index is 2.16. The fourth-order valence-corrected chi connectivity index (χ4v) is 3.65. The van der Waals surface area contributed by atoms with Crippen LogP contribution in [-0.2, 0) is 9.53 Å². The van der Waals surface area contributed by atoms with Crippen molar-refractivity contribution in [1.29, 1.82) is 0 Å². The number of nitrogens with one attached hydrogen (secondary N) is 2. The number of benzene rings is 1. The monoisotopic (exact) mass is 491 g/mol. The Labute approximate surface area is 177 Å². The second kappa shape index (κ2) is 8.28. The number of carbonyl (C=O) groups excluding carboxylic acids is 1. The summed E-state index contributed by atoms with van der Waals surface area (Å²) < 4.78 is 5.82. The zero-order chi connectivity index (χ0) is 21.5. The van der Waals surface area contributed by atoms with Crippen LogP contribution in [0.2, 0.25) is 5.02 Å². The average molecular weight is 493 g/mol.